The van der Waals surface area contributed by atoms with Gasteiger partial charge in [0.05, 0.1) is 5.69 Å². The molecule has 1 amide bonds. The van der Waals surface area contributed by atoms with Crippen molar-refractivity contribution in [2.45, 2.75) is 40.2 Å². The van der Waals surface area contributed by atoms with Gasteiger partial charge in [0.15, 0.2) is 11.5 Å². The molecule has 0 aliphatic carbocycles. The van der Waals surface area contributed by atoms with E-state index >= 15 is 0 Å². The second kappa shape index (κ2) is 6.51. The van der Waals surface area contributed by atoms with E-state index in [0.29, 0.717) is 17.3 Å². The predicted octanol–water partition coefficient (Wildman–Crippen LogP) is 2.55. The summed E-state index contributed by atoms with van der Waals surface area (Å²) in [5, 5.41) is 10.6. The molecule has 2 aromatic rings. The SMILES string of the molecule is CC(=O)c1nnn(CC(=O)Nc2ccccc2C(C)C)c1C. The lowest BCUT2D eigenvalue weighted by molar-refractivity contribution is -0.117. The molecule has 0 spiro atoms. The fourth-order valence-corrected chi connectivity index (χ4v) is 2.28. The second-order valence-corrected chi connectivity index (χ2v) is 5.53. The molecule has 6 nitrogen and oxygen atoms in total. The van der Waals surface area contributed by atoms with Gasteiger partial charge in [-0.1, -0.05) is 37.3 Å². The fourth-order valence-electron chi connectivity index (χ4n) is 2.28. The third kappa shape index (κ3) is 3.39. The number of nitrogens with one attached hydrogen (secondary N) is 1. The zero-order valence-electron chi connectivity index (χ0n) is 13.3. The van der Waals surface area contributed by atoms with Crippen molar-refractivity contribution in [3.05, 3.63) is 41.2 Å². The lowest BCUT2D eigenvalue weighted by Gasteiger charge is -2.13. The smallest absolute Gasteiger partial charge is 0.246 e. The molecule has 6 heteroatoms. The highest BCUT2D eigenvalue weighted by Crippen LogP contribution is 2.23. The van der Waals surface area contributed by atoms with Gasteiger partial charge in [0, 0.05) is 12.6 Å². The van der Waals surface area contributed by atoms with E-state index < -0.39 is 0 Å². The molecule has 0 atom stereocenters. The Bertz CT molecular complexity index is 704. The van der Waals surface area contributed by atoms with E-state index in [2.05, 4.69) is 29.5 Å². The highest BCUT2D eigenvalue weighted by atomic mass is 16.2. The summed E-state index contributed by atoms with van der Waals surface area (Å²) in [6.07, 6.45) is 0. The summed E-state index contributed by atoms with van der Waals surface area (Å²) in [6.45, 7) is 7.34. The molecule has 1 aromatic carbocycles. The molecule has 0 radical (unpaired) electrons. The quantitative estimate of drug-likeness (QED) is 0.861. The first-order valence-corrected chi connectivity index (χ1v) is 7.20. The predicted molar refractivity (Wildman–Crippen MR) is 83.9 cm³/mol. The van der Waals surface area contributed by atoms with Crippen molar-refractivity contribution in [2.75, 3.05) is 5.32 Å². The number of benzene rings is 1. The van der Waals surface area contributed by atoms with Gasteiger partial charge in [-0.3, -0.25) is 9.59 Å². The average molecular weight is 300 g/mol. The molecule has 0 saturated carbocycles. The number of amides is 1. The van der Waals surface area contributed by atoms with E-state index in [-0.39, 0.29) is 18.2 Å². The van der Waals surface area contributed by atoms with Crippen molar-refractivity contribution in [1.82, 2.24) is 15.0 Å². The molecule has 0 bridgehead atoms. The molecule has 0 saturated heterocycles. The van der Waals surface area contributed by atoms with E-state index in [1.165, 1.54) is 11.6 Å². The molecule has 1 N–H and O–H groups in total. The van der Waals surface area contributed by atoms with Crippen molar-refractivity contribution in [2.24, 2.45) is 0 Å². The van der Waals surface area contributed by atoms with Crippen LogP contribution < -0.4 is 5.32 Å². The van der Waals surface area contributed by atoms with Crippen molar-refractivity contribution in [3.8, 4) is 0 Å². The standard InChI is InChI=1S/C16H20N4O2/c1-10(2)13-7-5-6-8-14(13)17-15(22)9-20-11(3)16(12(4)21)18-19-20/h5-8,10H,9H2,1-4H3,(H,17,22). The number of carbonyl (C=O) groups excluding carboxylic acids is 2. The minimum Gasteiger partial charge on any atom is -0.324 e. The number of aromatic nitrogens is 3. The van der Waals surface area contributed by atoms with E-state index in [1.54, 1.807) is 6.92 Å². The Hall–Kier alpha value is -2.50. The van der Waals surface area contributed by atoms with Crippen LogP contribution >= 0.6 is 0 Å². The van der Waals surface area contributed by atoms with E-state index in [9.17, 15) is 9.59 Å². The first kappa shape index (κ1) is 15.9. The molecule has 0 aliphatic rings. The van der Waals surface area contributed by atoms with Gasteiger partial charge < -0.3 is 5.32 Å². The molecule has 2 rings (SSSR count). The molecule has 116 valence electrons. The zero-order chi connectivity index (χ0) is 16.3. The van der Waals surface area contributed by atoms with Gasteiger partial charge in [0.1, 0.15) is 6.54 Å². The number of rotatable bonds is 5. The molecule has 0 unspecified atom stereocenters. The first-order valence-electron chi connectivity index (χ1n) is 7.20. The Morgan fingerprint density at radius 3 is 2.55 bits per heavy atom. The number of para-hydroxylation sites is 1. The largest absolute Gasteiger partial charge is 0.324 e. The van der Waals surface area contributed by atoms with Crippen LogP contribution in [0.5, 0.6) is 0 Å². The van der Waals surface area contributed by atoms with Crippen LogP contribution in [-0.2, 0) is 11.3 Å². The topological polar surface area (TPSA) is 76.9 Å². The Morgan fingerprint density at radius 1 is 1.27 bits per heavy atom. The van der Waals surface area contributed by atoms with Crippen LogP contribution in [0, 0.1) is 6.92 Å². The van der Waals surface area contributed by atoms with Gasteiger partial charge in [-0.15, -0.1) is 5.10 Å². The third-order valence-corrected chi connectivity index (χ3v) is 3.47. The van der Waals surface area contributed by atoms with Crippen LogP contribution in [0.15, 0.2) is 24.3 Å². The summed E-state index contributed by atoms with van der Waals surface area (Å²) in [7, 11) is 0. The Morgan fingerprint density at radius 2 is 1.95 bits per heavy atom. The van der Waals surface area contributed by atoms with Gasteiger partial charge in [0.25, 0.3) is 0 Å². The number of hydrogen-bond donors (Lipinski definition) is 1. The normalized spacial score (nSPS) is 10.8. The third-order valence-electron chi connectivity index (χ3n) is 3.47. The van der Waals surface area contributed by atoms with Crippen LogP contribution in [0.1, 0.15) is 48.4 Å². The maximum atomic E-state index is 12.2. The maximum Gasteiger partial charge on any atom is 0.246 e. The molecule has 0 aliphatic heterocycles. The van der Waals surface area contributed by atoms with Crippen LogP contribution in [-0.4, -0.2) is 26.7 Å². The maximum absolute atomic E-state index is 12.2. The lowest BCUT2D eigenvalue weighted by atomic mass is 10.0. The van der Waals surface area contributed by atoms with Gasteiger partial charge >= 0.3 is 0 Å². The first-order chi connectivity index (χ1) is 10.4. The summed E-state index contributed by atoms with van der Waals surface area (Å²) >= 11 is 0. The molecule has 1 heterocycles. The number of nitrogens with zero attached hydrogens (tertiary/aromatic N) is 3. The minimum absolute atomic E-state index is 0.0263. The summed E-state index contributed by atoms with van der Waals surface area (Å²) < 4.78 is 1.43. The number of Topliss-reactive ketones (excluding diaryl/α,β-unsaturated/α-hetero) is 1. The highest BCUT2D eigenvalue weighted by Gasteiger charge is 2.15. The van der Waals surface area contributed by atoms with Crippen molar-refractivity contribution in [1.29, 1.82) is 0 Å². The van der Waals surface area contributed by atoms with Crippen LogP contribution in [0.3, 0.4) is 0 Å². The van der Waals surface area contributed by atoms with Crippen LogP contribution in [0.4, 0.5) is 5.69 Å². The van der Waals surface area contributed by atoms with Gasteiger partial charge in [0.2, 0.25) is 5.91 Å². The molecule has 1 aromatic heterocycles. The van der Waals surface area contributed by atoms with Crippen molar-refractivity contribution >= 4 is 17.4 Å². The average Bonchev–Trinajstić information content (AvgIpc) is 2.80. The number of ketones is 1. The summed E-state index contributed by atoms with van der Waals surface area (Å²) in [5.74, 6) is -0.0422. The van der Waals surface area contributed by atoms with Gasteiger partial charge in [-0.25, -0.2) is 4.68 Å². The van der Waals surface area contributed by atoms with Gasteiger partial charge in [-0.2, -0.15) is 0 Å². The monoisotopic (exact) mass is 300 g/mol. The summed E-state index contributed by atoms with van der Waals surface area (Å²) in [6, 6.07) is 7.71. The zero-order valence-corrected chi connectivity index (χ0v) is 13.3. The number of anilines is 1. The lowest BCUT2D eigenvalue weighted by Crippen LogP contribution is -2.21. The van der Waals surface area contributed by atoms with E-state index in [4.69, 9.17) is 0 Å². The minimum atomic E-state index is -0.198. The summed E-state index contributed by atoms with van der Waals surface area (Å²) in [5.41, 5.74) is 2.78. The fraction of sp³-hybridized carbons (Fsp3) is 0.375. The molecule has 22 heavy (non-hydrogen) atoms. The van der Waals surface area contributed by atoms with Gasteiger partial charge in [-0.05, 0) is 24.5 Å². The highest BCUT2D eigenvalue weighted by molar-refractivity contribution is 5.94. The van der Waals surface area contributed by atoms with Crippen molar-refractivity contribution in [3.63, 3.8) is 0 Å². The van der Waals surface area contributed by atoms with E-state index in [1.807, 2.05) is 24.3 Å². The Kier molecular flexibility index (Phi) is 4.70. The Labute approximate surface area is 129 Å². The number of hydrogen-bond acceptors (Lipinski definition) is 4. The second-order valence-electron chi connectivity index (χ2n) is 5.53. The van der Waals surface area contributed by atoms with Crippen LogP contribution in [0.25, 0.3) is 0 Å². The summed E-state index contributed by atoms with van der Waals surface area (Å²) in [4.78, 5) is 23.6. The van der Waals surface area contributed by atoms with Crippen molar-refractivity contribution < 1.29 is 9.59 Å². The molecular formula is C16H20N4O2. The van der Waals surface area contributed by atoms with Crippen LogP contribution in [0.2, 0.25) is 0 Å². The molecule has 0 fully saturated rings. The molecular weight excluding hydrogens is 280 g/mol. The Balaban J connectivity index is 2.13. The van der Waals surface area contributed by atoms with E-state index in [0.717, 1.165) is 11.3 Å². The number of carbonyl (C=O) groups is 2.